The van der Waals surface area contributed by atoms with Crippen molar-refractivity contribution in [2.24, 2.45) is 5.92 Å². The Kier molecular flexibility index (Phi) is 6.40. The minimum atomic E-state index is -2.60. The van der Waals surface area contributed by atoms with Crippen LogP contribution in [-0.2, 0) is 17.8 Å². The fourth-order valence-electron chi connectivity index (χ4n) is 6.21. The Morgan fingerprint density at radius 2 is 1.86 bits per heavy atom. The third-order valence-corrected chi connectivity index (χ3v) is 8.39. The number of rotatable bonds is 6. The summed E-state index contributed by atoms with van der Waals surface area (Å²) in [7, 11) is 0. The molecule has 0 radical (unpaired) electrons. The number of fused-ring (bicyclic) bond motifs is 1. The Morgan fingerprint density at radius 1 is 1.06 bits per heavy atom. The third kappa shape index (κ3) is 4.72. The molecule has 0 spiro atoms. The average Bonchev–Trinajstić information content (AvgIpc) is 3.68. The molecule has 36 heavy (non-hydrogen) atoms. The van der Waals surface area contributed by atoms with Crippen molar-refractivity contribution in [2.75, 3.05) is 19.6 Å². The lowest BCUT2D eigenvalue weighted by Gasteiger charge is -2.38. The van der Waals surface area contributed by atoms with Crippen LogP contribution in [0.3, 0.4) is 0 Å². The highest BCUT2D eigenvalue weighted by atomic mass is 19.3. The maximum absolute atomic E-state index is 13.2. The van der Waals surface area contributed by atoms with Crippen LogP contribution in [0.25, 0.3) is 0 Å². The van der Waals surface area contributed by atoms with Gasteiger partial charge in [0.2, 0.25) is 5.91 Å². The van der Waals surface area contributed by atoms with Crippen molar-refractivity contribution in [3.05, 3.63) is 76.8 Å². The Labute approximate surface area is 211 Å². The summed E-state index contributed by atoms with van der Waals surface area (Å²) in [6.07, 6.45) is 11.8. The number of aromatic nitrogens is 2. The SMILES string of the molecule is O=C(Cn1nc(C(F)F)cc1C1CC1)N1CCC(C2=CCN(C3CCCc4ccccc43)C=C2)CC1. The molecule has 1 atom stereocenters. The van der Waals surface area contributed by atoms with Gasteiger partial charge in [-0.3, -0.25) is 9.48 Å². The predicted molar refractivity (Wildman–Crippen MR) is 135 cm³/mol. The number of aryl methyl sites for hydroxylation is 1. The maximum Gasteiger partial charge on any atom is 0.282 e. The summed E-state index contributed by atoms with van der Waals surface area (Å²) in [4.78, 5) is 17.3. The normalized spacial score (nSPS) is 22.6. The van der Waals surface area contributed by atoms with Crippen LogP contribution < -0.4 is 0 Å². The number of carbonyl (C=O) groups excluding carboxylic acids is 1. The van der Waals surface area contributed by atoms with Gasteiger partial charge < -0.3 is 9.80 Å². The zero-order valence-corrected chi connectivity index (χ0v) is 20.7. The van der Waals surface area contributed by atoms with E-state index < -0.39 is 6.43 Å². The van der Waals surface area contributed by atoms with Crippen LogP contribution in [0.1, 0.15) is 79.4 Å². The fraction of sp³-hybridized carbons (Fsp3) is 0.517. The van der Waals surface area contributed by atoms with E-state index in [1.165, 1.54) is 46.7 Å². The average molecular weight is 493 g/mol. The molecule has 6 rings (SSSR count). The smallest absolute Gasteiger partial charge is 0.282 e. The van der Waals surface area contributed by atoms with E-state index in [-0.39, 0.29) is 24.1 Å². The Morgan fingerprint density at radius 3 is 2.58 bits per heavy atom. The monoisotopic (exact) mass is 492 g/mol. The molecule has 4 aliphatic rings. The van der Waals surface area contributed by atoms with E-state index in [2.05, 4.69) is 52.6 Å². The minimum absolute atomic E-state index is 0.0189. The first-order valence-electron chi connectivity index (χ1n) is 13.4. The van der Waals surface area contributed by atoms with Gasteiger partial charge >= 0.3 is 0 Å². The predicted octanol–water partition coefficient (Wildman–Crippen LogP) is 5.77. The van der Waals surface area contributed by atoms with Gasteiger partial charge in [-0.25, -0.2) is 8.78 Å². The number of halogens is 2. The molecule has 7 heteroatoms. The highest BCUT2D eigenvalue weighted by Gasteiger charge is 2.32. The van der Waals surface area contributed by atoms with Gasteiger partial charge in [0.05, 0.1) is 6.04 Å². The lowest BCUT2D eigenvalue weighted by atomic mass is 9.85. The Bertz CT molecular complexity index is 1170. The summed E-state index contributed by atoms with van der Waals surface area (Å²) >= 11 is 0. The first kappa shape index (κ1) is 23.4. The molecule has 2 aliphatic carbocycles. The second kappa shape index (κ2) is 9.83. The van der Waals surface area contributed by atoms with Gasteiger partial charge in [-0.15, -0.1) is 0 Å². The number of nitrogens with zero attached hydrogens (tertiary/aromatic N) is 4. The summed E-state index contributed by atoms with van der Waals surface area (Å²) < 4.78 is 27.9. The molecule has 1 unspecified atom stereocenters. The number of benzene rings is 1. The first-order valence-corrected chi connectivity index (χ1v) is 13.4. The summed E-state index contributed by atoms with van der Waals surface area (Å²) in [5, 5.41) is 4.05. The minimum Gasteiger partial charge on any atom is -0.367 e. The molecule has 2 aliphatic heterocycles. The lowest BCUT2D eigenvalue weighted by Crippen LogP contribution is -2.41. The van der Waals surface area contributed by atoms with Crippen LogP contribution in [0.15, 0.2) is 54.3 Å². The number of amides is 1. The summed E-state index contributed by atoms with van der Waals surface area (Å²) in [6.45, 7) is 2.40. The van der Waals surface area contributed by atoms with Crippen molar-refractivity contribution < 1.29 is 13.6 Å². The molecule has 1 aromatic heterocycles. The highest BCUT2D eigenvalue weighted by molar-refractivity contribution is 5.76. The molecule has 2 aromatic rings. The van der Waals surface area contributed by atoms with Gasteiger partial charge in [0, 0.05) is 37.4 Å². The number of likely N-dealkylation sites (tertiary alicyclic amines) is 1. The van der Waals surface area contributed by atoms with E-state index in [0.717, 1.165) is 37.9 Å². The van der Waals surface area contributed by atoms with E-state index in [4.69, 9.17) is 0 Å². The maximum atomic E-state index is 13.2. The molecule has 1 saturated carbocycles. The second-order valence-corrected chi connectivity index (χ2v) is 10.7. The van der Waals surface area contributed by atoms with Crippen molar-refractivity contribution in [2.45, 2.75) is 69.9 Å². The number of piperidine rings is 1. The number of alkyl halides is 2. The second-order valence-electron chi connectivity index (χ2n) is 10.7. The molecule has 1 aromatic carbocycles. The molecule has 2 fully saturated rings. The van der Waals surface area contributed by atoms with Crippen LogP contribution in [-0.4, -0.2) is 45.1 Å². The summed E-state index contributed by atoms with van der Waals surface area (Å²) in [6, 6.07) is 10.8. The van der Waals surface area contributed by atoms with E-state index in [1.54, 1.807) is 0 Å². The van der Waals surface area contributed by atoms with Crippen LogP contribution in [0, 0.1) is 5.92 Å². The van der Waals surface area contributed by atoms with Crippen molar-refractivity contribution in [1.82, 2.24) is 19.6 Å². The molecular formula is C29H34F2N4O. The van der Waals surface area contributed by atoms with Gasteiger partial charge in [-0.1, -0.05) is 30.3 Å². The first-order chi connectivity index (χ1) is 17.6. The zero-order chi connectivity index (χ0) is 24.6. The number of allylic oxidation sites excluding steroid dienone is 2. The van der Waals surface area contributed by atoms with Gasteiger partial charge in [0.15, 0.2) is 0 Å². The molecule has 5 nitrogen and oxygen atoms in total. The van der Waals surface area contributed by atoms with Crippen molar-refractivity contribution >= 4 is 5.91 Å². The van der Waals surface area contributed by atoms with E-state index in [0.29, 0.717) is 25.0 Å². The molecule has 3 heterocycles. The standard InChI is InChI=1S/C29H34F2N4O/c30-29(31)25-18-27(23-8-9-23)35(32-25)19-28(36)34-16-12-21(13-17-34)20-10-14-33(15-11-20)26-7-3-5-22-4-1-2-6-24(22)26/h1-2,4,6,10-11,14,18,21,23,26,29H,3,5,7-9,12-13,15-17,19H2. The topological polar surface area (TPSA) is 41.4 Å². The number of hydrogen-bond donors (Lipinski definition) is 0. The van der Waals surface area contributed by atoms with Gasteiger partial charge in [0.25, 0.3) is 6.43 Å². The summed E-state index contributed by atoms with van der Waals surface area (Å²) in [5.41, 5.74) is 4.91. The van der Waals surface area contributed by atoms with E-state index >= 15 is 0 Å². The molecule has 190 valence electrons. The van der Waals surface area contributed by atoms with Crippen LogP contribution in [0.5, 0.6) is 0 Å². The molecular weight excluding hydrogens is 458 g/mol. The molecule has 0 N–H and O–H groups in total. The molecule has 1 saturated heterocycles. The number of carbonyl (C=O) groups is 1. The highest BCUT2D eigenvalue weighted by Crippen LogP contribution is 2.41. The van der Waals surface area contributed by atoms with E-state index in [1.807, 2.05) is 4.90 Å². The quantitative estimate of drug-likeness (QED) is 0.514. The van der Waals surface area contributed by atoms with E-state index in [9.17, 15) is 13.6 Å². The fourth-order valence-corrected chi connectivity index (χ4v) is 6.21. The largest absolute Gasteiger partial charge is 0.367 e. The van der Waals surface area contributed by atoms with Crippen molar-refractivity contribution in [3.63, 3.8) is 0 Å². The summed E-state index contributed by atoms with van der Waals surface area (Å²) in [5.74, 6) is 0.716. The van der Waals surface area contributed by atoms with Crippen LogP contribution in [0.4, 0.5) is 8.78 Å². The zero-order valence-electron chi connectivity index (χ0n) is 20.7. The van der Waals surface area contributed by atoms with Crippen LogP contribution in [0.2, 0.25) is 0 Å². The molecule has 0 bridgehead atoms. The Balaban J connectivity index is 1.04. The lowest BCUT2D eigenvalue weighted by molar-refractivity contribution is -0.133. The van der Waals surface area contributed by atoms with Crippen molar-refractivity contribution in [3.8, 4) is 0 Å². The van der Waals surface area contributed by atoms with Gasteiger partial charge in [-0.05, 0) is 79.7 Å². The molecule has 1 amide bonds. The third-order valence-electron chi connectivity index (χ3n) is 8.39. The van der Waals surface area contributed by atoms with Gasteiger partial charge in [-0.2, -0.15) is 5.10 Å². The van der Waals surface area contributed by atoms with Gasteiger partial charge in [0.1, 0.15) is 12.2 Å². The van der Waals surface area contributed by atoms with Crippen LogP contribution >= 0.6 is 0 Å². The van der Waals surface area contributed by atoms with Crippen molar-refractivity contribution in [1.29, 1.82) is 0 Å². The number of hydrogen-bond acceptors (Lipinski definition) is 3. The Hall–Kier alpha value is -2.96.